The van der Waals surface area contributed by atoms with Crippen molar-refractivity contribution in [3.8, 4) is 0 Å². The molecule has 1 aromatic rings. The van der Waals surface area contributed by atoms with Gasteiger partial charge in [-0.05, 0) is 43.6 Å². The number of nitrogens with one attached hydrogen (secondary N) is 3. The van der Waals surface area contributed by atoms with Crippen molar-refractivity contribution in [1.29, 1.82) is 0 Å². The molecule has 0 aromatic heterocycles. The van der Waals surface area contributed by atoms with Crippen LogP contribution in [0.2, 0.25) is 0 Å². The van der Waals surface area contributed by atoms with Crippen molar-refractivity contribution in [2.24, 2.45) is 28.1 Å². The number of carbonyl (C=O) groups excluding carboxylic acids is 3. The second kappa shape index (κ2) is 17.4. The maximum atomic E-state index is 13.3. The lowest BCUT2D eigenvalue weighted by molar-refractivity contribution is -0.143. The Labute approximate surface area is 233 Å². The summed E-state index contributed by atoms with van der Waals surface area (Å²) in [6, 6.07) is 4.47. The molecule has 14 heteroatoms. The molecule has 0 fully saturated rings. The molecule has 222 valence electrons. The molecule has 4 unspecified atom stereocenters. The van der Waals surface area contributed by atoms with Gasteiger partial charge < -0.3 is 43.4 Å². The summed E-state index contributed by atoms with van der Waals surface area (Å²) in [7, 11) is 0. The molecule has 0 aliphatic rings. The number of nitrogens with zero attached hydrogens (tertiary/aromatic N) is 1. The van der Waals surface area contributed by atoms with Crippen molar-refractivity contribution < 1.29 is 34.2 Å². The van der Waals surface area contributed by atoms with Gasteiger partial charge in [0.15, 0.2) is 5.96 Å². The first-order valence-electron chi connectivity index (χ1n) is 13.0. The van der Waals surface area contributed by atoms with E-state index in [0.717, 1.165) is 5.56 Å². The van der Waals surface area contributed by atoms with E-state index < -0.39 is 60.2 Å². The van der Waals surface area contributed by atoms with Gasteiger partial charge in [0, 0.05) is 13.0 Å². The van der Waals surface area contributed by atoms with Crippen LogP contribution in [0.4, 0.5) is 0 Å². The van der Waals surface area contributed by atoms with Crippen LogP contribution >= 0.6 is 0 Å². The normalized spacial score (nSPS) is 13.8. The number of nitrogens with two attached hydrogens (primary N) is 3. The third kappa shape index (κ3) is 13.6. The summed E-state index contributed by atoms with van der Waals surface area (Å²) >= 11 is 0. The van der Waals surface area contributed by atoms with Crippen molar-refractivity contribution in [3.05, 3.63) is 35.9 Å². The zero-order valence-electron chi connectivity index (χ0n) is 22.8. The first kappa shape index (κ1) is 33.8. The molecule has 0 bridgehead atoms. The number of carbonyl (C=O) groups is 5. The van der Waals surface area contributed by atoms with Crippen molar-refractivity contribution >= 4 is 35.6 Å². The van der Waals surface area contributed by atoms with Gasteiger partial charge in [-0.2, -0.15) is 0 Å². The summed E-state index contributed by atoms with van der Waals surface area (Å²) < 4.78 is 0. The summed E-state index contributed by atoms with van der Waals surface area (Å²) in [6.07, 6.45) is 0.0404. The monoisotopic (exact) mass is 563 g/mol. The summed E-state index contributed by atoms with van der Waals surface area (Å²) in [6.45, 7) is 3.81. The maximum absolute atomic E-state index is 13.3. The predicted molar refractivity (Wildman–Crippen MR) is 148 cm³/mol. The van der Waals surface area contributed by atoms with Crippen LogP contribution in [0, 0.1) is 5.92 Å². The number of hydrogen-bond acceptors (Lipinski definition) is 7. The van der Waals surface area contributed by atoms with Gasteiger partial charge in [0.05, 0.1) is 6.04 Å². The smallest absolute Gasteiger partial charge is 0.326 e. The molecule has 0 aliphatic carbocycles. The largest absolute Gasteiger partial charge is 0.481 e. The van der Waals surface area contributed by atoms with Crippen LogP contribution in [0.15, 0.2) is 35.3 Å². The number of guanidine groups is 1. The van der Waals surface area contributed by atoms with E-state index in [1.165, 1.54) is 0 Å². The minimum absolute atomic E-state index is 0.0763. The molecule has 1 rings (SSSR count). The van der Waals surface area contributed by atoms with Crippen LogP contribution in [0.25, 0.3) is 0 Å². The molecular formula is C26H41N7O7. The Kier molecular flexibility index (Phi) is 14.7. The Morgan fingerprint density at radius 1 is 0.850 bits per heavy atom. The van der Waals surface area contributed by atoms with Crippen molar-refractivity contribution in [3.63, 3.8) is 0 Å². The number of rotatable bonds is 18. The fraction of sp³-hybridized carbons (Fsp3) is 0.538. The van der Waals surface area contributed by atoms with Crippen molar-refractivity contribution in [2.75, 3.05) is 6.54 Å². The molecule has 0 heterocycles. The number of aliphatic carboxylic acids is 2. The van der Waals surface area contributed by atoms with Gasteiger partial charge in [-0.15, -0.1) is 0 Å². The average molecular weight is 564 g/mol. The minimum atomic E-state index is -1.46. The first-order valence-corrected chi connectivity index (χ1v) is 13.0. The van der Waals surface area contributed by atoms with E-state index >= 15 is 0 Å². The molecule has 1 aromatic carbocycles. The Balaban J connectivity index is 3.03. The second-order valence-electron chi connectivity index (χ2n) is 9.83. The van der Waals surface area contributed by atoms with Gasteiger partial charge in [0.2, 0.25) is 17.7 Å². The van der Waals surface area contributed by atoms with Gasteiger partial charge >= 0.3 is 11.9 Å². The first-order chi connectivity index (χ1) is 18.8. The van der Waals surface area contributed by atoms with E-state index in [4.69, 9.17) is 22.3 Å². The zero-order chi connectivity index (χ0) is 30.2. The topological polar surface area (TPSA) is 252 Å². The molecule has 3 amide bonds. The molecule has 40 heavy (non-hydrogen) atoms. The van der Waals surface area contributed by atoms with Gasteiger partial charge in [-0.1, -0.05) is 44.2 Å². The van der Waals surface area contributed by atoms with Crippen LogP contribution in [0.1, 0.15) is 51.5 Å². The van der Waals surface area contributed by atoms with E-state index in [-0.39, 0.29) is 44.1 Å². The van der Waals surface area contributed by atoms with Crippen LogP contribution in [0.3, 0.4) is 0 Å². The number of amides is 3. The number of carboxylic acid groups (broad SMARTS) is 2. The highest BCUT2D eigenvalue weighted by Gasteiger charge is 2.31. The van der Waals surface area contributed by atoms with E-state index in [0.29, 0.717) is 6.42 Å². The highest BCUT2D eigenvalue weighted by Crippen LogP contribution is 2.09. The van der Waals surface area contributed by atoms with E-state index in [1.54, 1.807) is 0 Å². The number of benzene rings is 1. The van der Waals surface area contributed by atoms with Crippen molar-refractivity contribution in [2.45, 2.75) is 76.5 Å². The summed E-state index contributed by atoms with van der Waals surface area (Å²) in [5, 5.41) is 25.8. The fourth-order valence-corrected chi connectivity index (χ4v) is 3.78. The second-order valence-corrected chi connectivity index (χ2v) is 9.83. The molecule has 11 N–H and O–H groups in total. The molecular weight excluding hydrogens is 522 g/mol. The summed E-state index contributed by atoms with van der Waals surface area (Å²) in [5.41, 5.74) is 17.6. The lowest BCUT2D eigenvalue weighted by Gasteiger charge is -2.26. The third-order valence-electron chi connectivity index (χ3n) is 5.82. The van der Waals surface area contributed by atoms with Crippen LogP contribution in [-0.4, -0.2) is 76.5 Å². The highest BCUT2D eigenvalue weighted by molar-refractivity contribution is 5.94. The maximum Gasteiger partial charge on any atom is 0.326 e. The van der Waals surface area contributed by atoms with E-state index in [9.17, 15) is 29.1 Å². The molecule has 0 aliphatic heterocycles. The molecule has 0 spiro atoms. The van der Waals surface area contributed by atoms with Gasteiger partial charge in [0.25, 0.3) is 0 Å². The highest BCUT2D eigenvalue weighted by atomic mass is 16.4. The lowest BCUT2D eigenvalue weighted by atomic mass is 10.0. The Hall–Kier alpha value is -4.20. The predicted octanol–water partition coefficient (Wildman–Crippen LogP) is -0.940. The van der Waals surface area contributed by atoms with Crippen LogP contribution in [0.5, 0.6) is 0 Å². The number of carboxylic acids is 2. The Bertz CT molecular complexity index is 1030. The van der Waals surface area contributed by atoms with Crippen molar-refractivity contribution in [1.82, 2.24) is 16.0 Å². The van der Waals surface area contributed by atoms with Gasteiger partial charge in [0.1, 0.15) is 18.1 Å². The minimum Gasteiger partial charge on any atom is -0.481 e. The Morgan fingerprint density at radius 3 is 1.98 bits per heavy atom. The summed E-state index contributed by atoms with van der Waals surface area (Å²) in [4.78, 5) is 65.4. The van der Waals surface area contributed by atoms with Gasteiger partial charge in [-0.3, -0.25) is 24.2 Å². The summed E-state index contributed by atoms with van der Waals surface area (Å²) in [5.74, 6) is -4.85. The third-order valence-corrected chi connectivity index (χ3v) is 5.82. The molecule has 4 atom stereocenters. The molecule has 0 saturated heterocycles. The average Bonchev–Trinajstić information content (AvgIpc) is 2.87. The van der Waals surface area contributed by atoms with Crippen LogP contribution in [-0.2, 0) is 30.4 Å². The number of aliphatic imine (C=N–C) groups is 1. The van der Waals surface area contributed by atoms with Gasteiger partial charge in [-0.25, -0.2) is 4.79 Å². The molecule has 0 saturated carbocycles. The quantitative estimate of drug-likeness (QED) is 0.0618. The molecule has 0 radical (unpaired) electrons. The van der Waals surface area contributed by atoms with E-state index in [1.807, 2.05) is 44.2 Å². The Morgan fingerprint density at radius 2 is 1.43 bits per heavy atom. The van der Waals surface area contributed by atoms with E-state index in [2.05, 4.69) is 20.9 Å². The molecule has 14 nitrogen and oxygen atoms in total. The lowest BCUT2D eigenvalue weighted by Crippen LogP contribution is -2.57. The zero-order valence-corrected chi connectivity index (χ0v) is 22.8. The fourth-order valence-electron chi connectivity index (χ4n) is 3.78. The standard InChI is InChI=1S/C26H41N7O7/c1-15(2)13-20(24(38)32-19(25(39)40)10-11-21(34)35)33-23(37)18(9-6-12-30-26(28)29)31-22(36)17(27)14-16-7-4-3-5-8-16/h3-5,7-8,15,17-20H,6,9-14,27H2,1-2H3,(H,31,36)(H,32,38)(H,33,37)(H,34,35)(H,39,40)(H4,28,29,30). The SMILES string of the molecule is CC(C)CC(NC(=O)C(CCCN=C(N)N)NC(=O)C(N)Cc1ccccc1)C(=O)NC(CCC(=O)O)C(=O)O. The van der Waals surface area contributed by atoms with Crippen LogP contribution < -0.4 is 33.2 Å². The number of hydrogen-bond donors (Lipinski definition) is 8.